The molecule has 3 aromatic heterocycles. The Kier molecular flexibility index (Phi) is 7.40. The van der Waals surface area contributed by atoms with Gasteiger partial charge in [-0.25, -0.2) is 0 Å². The van der Waals surface area contributed by atoms with Crippen LogP contribution < -0.4 is 4.90 Å². The Balaban J connectivity index is 1.11. The van der Waals surface area contributed by atoms with Crippen LogP contribution in [0.5, 0.6) is 0 Å². The van der Waals surface area contributed by atoms with Crippen LogP contribution in [0.3, 0.4) is 0 Å². The molecule has 272 valence electrons. The van der Waals surface area contributed by atoms with Gasteiger partial charge in [0.1, 0.15) is 11.2 Å². The summed E-state index contributed by atoms with van der Waals surface area (Å²) in [7, 11) is 0. The van der Waals surface area contributed by atoms with Crippen molar-refractivity contribution in [1.29, 1.82) is 0 Å². The molecule has 0 fully saturated rings. The molecule has 3 heterocycles. The van der Waals surface area contributed by atoms with Gasteiger partial charge in [-0.3, -0.25) is 0 Å². The number of aromatic nitrogens is 1. The summed E-state index contributed by atoms with van der Waals surface area (Å²) in [6, 6.07) is 74.5. The molecule has 0 saturated carbocycles. The lowest BCUT2D eigenvalue weighted by atomic mass is 9.98. The Morgan fingerprint density at radius 3 is 1.84 bits per heavy atom. The van der Waals surface area contributed by atoms with Crippen LogP contribution in [0, 0.1) is 0 Å². The predicted octanol–water partition coefficient (Wildman–Crippen LogP) is 15.9. The molecule has 0 amide bonds. The topological polar surface area (TPSA) is 21.3 Å². The quantitative estimate of drug-likeness (QED) is 0.168. The highest BCUT2D eigenvalue weighted by Crippen LogP contribution is 2.47. The van der Waals surface area contributed by atoms with Crippen LogP contribution in [0.1, 0.15) is 0 Å². The maximum absolute atomic E-state index is 6.31. The van der Waals surface area contributed by atoms with Crippen molar-refractivity contribution in [3.63, 3.8) is 0 Å². The zero-order valence-electron chi connectivity index (χ0n) is 31.3. The van der Waals surface area contributed by atoms with Gasteiger partial charge in [-0.15, -0.1) is 11.3 Å². The molecule has 4 heteroatoms. The molecule has 12 rings (SSSR count). The van der Waals surface area contributed by atoms with Crippen LogP contribution in [-0.4, -0.2) is 4.57 Å². The number of hydrogen-bond donors (Lipinski definition) is 0. The standard InChI is InChI=1S/C54H34N2OS/c1-3-13-35(14-4-1)36-23-26-39(27-24-36)55(40-28-30-52-47(32-40)43-18-8-11-21-51(43)57-52)41-33-45(54-48(34-41)44-19-9-12-22-53(44)58-54)37-25-29-50-46(31-37)42-17-7-10-20-49(42)56(50)38-15-5-2-6-16-38/h1-34H. The Morgan fingerprint density at radius 1 is 0.379 bits per heavy atom. The summed E-state index contributed by atoms with van der Waals surface area (Å²) < 4.78 is 11.3. The molecule has 0 spiro atoms. The molecule has 3 nitrogen and oxygen atoms in total. The highest BCUT2D eigenvalue weighted by molar-refractivity contribution is 7.26. The molecule has 0 aliphatic heterocycles. The van der Waals surface area contributed by atoms with Crippen molar-refractivity contribution >= 4 is 92.3 Å². The normalized spacial score (nSPS) is 11.8. The lowest BCUT2D eigenvalue weighted by Gasteiger charge is -2.27. The molecule has 12 aromatic rings. The summed E-state index contributed by atoms with van der Waals surface area (Å²) in [6.45, 7) is 0. The van der Waals surface area contributed by atoms with Gasteiger partial charge in [0.2, 0.25) is 0 Å². The number of thiophene rings is 1. The smallest absolute Gasteiger partial charge is 0.135 e. The summed E-state index contributed by atoms with van der Waals surface area (Å²) in [5.41, 5.74) is 13.4. The fourth-order valence-corrected chi connectivity index (χ4v) is 10.1. The Hall–Kier alpha value is -7.40. The molecular formula is C54H34N2OS. The molecule has 0 radical (unpaired) electrons. The van der Waals surface area contributed by atoms with Crippen LogP contribution in [0.4, 0.5) is 17.1 Å². The van der Waals surface area contributed by atoms with Crippen molar-refractivity contribution in [1.82, 2.24) is 4.57 Å². The monoisotopic (exact) mass is 758 g/mol. The fraction of sp³-hybridized carbons (Fsp3) is 0. The van der Waals surface area contributed by atoms with Gasteiger partial charge in [-0.2, -0.15) is 0 Å². The second-order valence-electron chi connectivity index (χ2n) is 14.9. The predicted molar refractivity (Wildman–Crippen MR) is 247 cm³/mol. The second-order valence-corrected chi connectivity index (χ2v) is 16.0. The first-order valence-electron chi connectivity index (χ1n) is 19.7. The Labute approximate surface area is 338 Å². The third-order valence-corrected chi connectivity index (χ3v) is 12.8. The van der Waals surface area contributed by atoms with E-state index in [1.54, 1.807) is 0 Å². The van der Waals surface area contributed by atoms with E-state index in [1.807, 2.05) is 23.5 Å². The Bertz CT molecular complexity index is 3500. The number of para-hydroxylation sites is 3. The zero-order valence-corrected chi connectivity index (χ0v) is 32.2. The van der Waals surface area contributed by atoms with Crippen LogP contribution in [0.25, 0.3) is 91.9 Å². The van der Waals surface area contributed by atoms with Gasteiger partial charge in [-0.1, -0.05) is 121 Å². The van der Waals surface area contributed by atoms with Crippen LogP contribution in [0.2, 0.25) is 0 Å². The molecule has 0 N–H and O–H groups in total. The van der Waals surface area contributed by atoms with Crippen LogP contribution in [0.15, 0.2) is 211 Å². The average molecular weight is 759 g/mol. The third-order valence-electron chi connectivity index (χ3n) is 11.6. The molecule has 9 aromatic carbocycles. The average Bonchev–Trinajstić information content (AvgIpc) is 3.96. The lowest BCUT2D eigenvalue weighted by Crippen LogP contribution is -2.10. The fourth-order valence-electron chi connectivity index (χ4n) is 8.88. The third kappa shape index (κ3) is 5.19. The van der Waals surface area contributed by atoms with E-state index in [2.05, 4.69) is 204 Å². The van der Waals surface area contributed by atoms with E-state index in [4.69, 9.17) is 4.42 Å². The van der Waals surface area contributed by atoms with E-state index in [-0.39, 0.29) is 0 Å². The molecule has 0 bridgehead atoms. The minimum Gasteiger partial charge on any atom is -0.456 e. The van der Waals surface area contributed by atoms with Crippen molar-refractivity contribution in [2.24, 2.45) is 0 Å². The SMILES string of the molecule is c1ccc(-c2ccc(N(c3ccc4oc5ccccc5c4c3)c3cc(-c4ccc5c(c4)c4ccccc4n5-c4ccccc4)c4sc5ccccc5c4c3)cc2)cc1. The van der Waals surface area contributed by atoms with E-state index in [1.165, 1.54) is 64.2 Å². The van der Waals surface area contributed by atoms with E-state index >= 15 is 0 Å². The number of furan rings is 1. The summed E-state index contributed by atoms with van der Waals surface area (Å²) in [5, 5.41) is 7.21. The molecule has 0 saturated heterocycles. The summed E-state index contributed by atoms with van der Waals surface area (Å²) in [4.78, 5) is 2.41. The number of nitrogens with zero attached hydrogens (tertiary/aromatic N) is 2. The first-order chi connectivity index (χ1) is 28.7. The van der Waals surface area contributed by atoms with Gasteiger partial charge < -0.3 is 13.9 Å². The molecule has 0 aliphatic carbocycles. The minimum atomic E-state index is 0.882. The van der Waals surface area contributed by atoms with Crippen molar-refractivity contribution < 1.29 is 4.42 Å². The number of benzene rings is 9. The molecular weight excluding hydrogens is 725 g/mol. The summed E-state index contributed by atoms with van der Waals surface area (Å²) >= 11 is 1.87. The number of anilines is 3. The second kappa shape index (κ2) is 13.1. The molecule has 0 aliphatic rings. The van der Waals surface area contributed by atoms with E-state index < -0.39 is 0 Å². The number of rotatable bonds is 6. The summed E-state index contributed by atoms with van der Waals surface area (Å²) in [6.07, 6.45) is 0. The van der Waals surface area contributed by atoms with Gasteiger partial charge in [0.15, 0.2) is 0 Å². The van der Waals surface area contributed by atoms with Crippen molar-refractivity contribution in [2.45, 2.75) is 0 Å². The highest BCUT2D eigenvalue weighted by atomic mass is 32.1. The Morgan fingerprint density at radius 2 is 1.00 bits per heavy atom. The van der Waals surface area contributed by atoms with Gasteiger partial charge in [0.25, 0.3) is 0 Å². The minimum absolute atomic E-state index is 0.882. The maximum atomic E-state index is 6.31. The largest absolute Gasteiger partial charge is 0.456 e. The van der Waals surface area contributed by atoms with Gasteiger partial charge >= 0.3 is 0 Å². The van der Waals surface area contributed by atoms with Gasteiger partial charge in [0.05, 0.1) is 11.0 Å². The van der Waals surface area contributed by atoms with E-state index in [0.717, 1.165) is 44.7 Å². The number of hydrogen-bond acceptors (Lipinski definition) is 3. The molecule has 0 atom stereocenters. The summed E-state index contributed by atoms with van der Waals surface area (Å²) in [5.74, 6) is 0. The van der Waals surface area contributed by atoms with Gasteiger partial charge in [-0.05, 0) is 102 Å². The first-order valence-corrected chi connectivity index (χ1v) is 20.5. The number of fused-ring (bicyclic) bond motifs is 9. The highest BCUT2D eigenvalue weighted by Gasteiger charge is 2.21. The first kappa shape index (κ1) is 32.8. The van der Waals surface area contributed by atoms with Crippen molar-refractivity contribution in [3.05, 3.63) is 206 Å². The maximum Gasteiger partial charge on any atom is 0.135 e. The van der Waals surface area contributed by atoms with Crippen molar-refractivity contribution in [2.75, 3.05) is 4.90 Å². The zero-order chi connectivity index (χ0) is 38.2. The van der Waals surface area contributed by atoms with Gasteiger partial charge in [0, 0.05) is 70.0 Å². The van der Waals surface area contributed by atoms with Crippen molar-refractivity contribution in [3.8, 4) is 27.9 Å². The lowest BCUT2D eigenvalue weighted by molar-refractivity contribution is 0.669. The van der Waals surface area contributed by atoms with E-state index in [0.29, 0.717) is 0 Å². The van der Waals surface area contributed by atoms with E-state index in [9.17, 15) is 0 Å². The molecule has 58 heavy (non-hydrogen) atoms. The van der Waals surface area contributed by atoms with Crippen LogP contribution in [-0.2, 0) is 0 Å². The van der Waals surface area contributed by atoms with Crippen LogP contribution >= 0.6 is 11.3 Å². The molecule has 0 unspecified atom stereocenters.